The maximum Gasteiger partial charge on any atom is 0.358 e. The van der Waals surface area contributed by atoms with E-state index in [4.69, 9.17) is 0 Å². The predicted molar refractivity (Wildman–Crippen MR) is 97.0 cm³/mol. The molecule has 2 heterocycles. The summed E-state index contributed by atoms with van der Waals surface area (Å²) >= 11 is 1.19. The lowest BCUT2D eigenvalue weighted by atomic mass is 10.1. The molecule has 1 aromatic rings. The van der Waals surface area contributed by atoms with Gasteiger partial charge in [-0.1, -0.05) is 30.3 Å². The first-order chi connectivity index (χ1) is 12.4. The SMILES string of the molecule is COC(=O)CSC1=[N+](Cc2ccccc2)C2C(=O)N(C)C(=O)N(C)C2=N1. The third-order valence-corrected chi connectivity index (χ3v) is 5.20. The third kappa shape index (κ3) is 3.22. The van der Waals surface area contributed by atoms with Crippen LogP contribution >= 0.6 is 11.8 Å². The maximum absolute atomic E-state index is 12.7. The Morgan fingerprint density at radius 2 is 1.92 bits per heavy atom. The first kappa shape index (κ1) is 18.1. The van der Waals surface area contributed by atoms with Crippen LogP contribution in [0.4, 0.5) is 4.79 Å². The zero-order valence-corrected chi connectivity index (χ0v) is 15.5. The van der Waals surface area contributed by atoms with Crippen molar-refractivity contribution in [3.8, 4) is 0 Å². The number of thioether (sulfide) groups is 1. The average Bonchev–Trinajstić information content (AvgIpc) is 3.02. The molecule has 0 saturated carbocycles. The molecule has 9 heteroatoms. The Hall–Kier alpha value is -2.68. The second-order valence-electron chi connectivity index (χ2n) is 5.87. The van der Waals surface area contributed by atoms with Crippen molar-refractivity contribution < 1.29 is 23.7 Å². The monoisotopic (exact) mass is 375 g/mol. The van der Waals surface area contributed by atoms with E-state index in [0.29, 0.717) is 17.5 Å². The third-order valence-electron chi connectivity index (χ3n) is 4.24. The quantitative estimate of drug-likeness (QED) is 0.573. The molecule has 0 radical (unpaired) electrons. The molecule has 0 bridgehead atoms. The van der Waals surface area contributed by atoms with Crippen molar-refractivity contribution in [2.45, 2.75) is 12.6 Å². The van der Waals surface area contributed by atoms with Gasteiger partial charge in [0.25, 0.3) is 17.8 Å². The number of imide groups is 1. The number of amides is 3. The summed E-state index contributed by atoms with van der Waals surface area (Å²) in [7, 11) is 4.37. The standard InChI is InChI=1S/C17H19N4O4S/c1-19-14-13(15(23)20(2)17(19)24)21(9-11-7-5-4-6-8-11)16(18-14)26-10-12(22)25-3/h4-8,13H,9-10H2,1-3H3/q+1. The molecule has 1 unspecified atom stereocenters. The van der Waals surface area contributed by atoms with Gasteiger partial charge in [0.2, 0.25) is 0 Å². The van der Waals surface area contributed by atoms with Crippen molar-refractivity contribution in [3.63, 3.8) is 0 Å². The fourth-order valence-electron chi connectivity index (χ4n) is 2.81. The van der Waals surface area contributed by atoms with Gasteiger partial charge in [-0.3, -0.25) is 19.4 Å². The molecule has 3 rings (SSSR count). The first-order valence-corrected chi connectivity index (χ1v) is 8.93. The van der Waals surface area contributed by atoms with Gasteiger partial charge in [-0.25, -0.2) is 9.37 Å². The Morgan fingerprint density at radius 3 is 2.58 bits per heavy atom. The van der Waals surface area contributed by atoms with E-state index >= 15 is 0 Å². The highest BCUT2D eigenvalue weighted by molar-refractivity contribution is 8.14. The predicted octanol–water partition coefficient (Wildman–Crippen LogP) is 0.766. The second-order valence-corrected chi connectivity index (χ2v) is 6.81. The van der Waals surface area contributed by atoms with Crippen LogP contribution in [0.2, 0.25) is 0 Å². The summed E-state index contributed by atoms with van der Waals surface area (Å²) in [5, 5.41) is 0.516. The number of ether oxygens (including phenoxy) is 1. The maximum atomic E-state index is 12.7. The van der Waals surface area contributed by atoms with Crippen LogP contribution in [0, 0.1) is 0 Å². The van der Waals surface area contributed by atoms with E-state index in [1.165, 1.54) is 30.8 Å². The van der Waals surface area contributed by atoms with Gasteiger partial charge in [0.1, 0.15) is 12.3 Å². The van der Waals surface area contributed by atoms with Crippen LogP contribution in [-0.2, 0) is 20.9 Å². The number of methoxy groups -OCH3 is 1. The molecule has 2 aliphatic rings. The molecular weight excluding hydrogens is 356 g/mol. The number of urea groups is 1. The molecule has 1 aromatic carbocycles. The fraction of sp³-hybridized carbons (Fsp3) is 0.353. The van der Waals surface area contributed by atoms with Crippen LogP contribution in [-0.4, -0.2) is 76.3 Å². The van der Waals surface area contributed by atoms with Crippen molar-refractivity contribution in [1.82, 2.24) is 9.80 Å². The normalized spacial score (nSPS) is 19.7. The minimum Gasteiger partial charge on any atom is -0.468 e. The number of aliphatic imine (C=N–C) groups is 1. The Balaban J connectivity index is 1.97. The minimum atomic E-state index is -0.692. The van der Waals surface area contributed by atoms with E-state index in [1.807, 2.05) is 34.9 Å². The number of esters is 1. The Bertz CT molecular complexity index is 821. The van der Waals surface area contributed by atoms with Crippen molar-refractivity contribution in [3.05, 3.63) is 35.9 Å². The summed E-state index contributed by atoms with van der Waals surface area (Å²) in [5.41, 5.74) is 0.995. The Morgan fingerprint density at radius 1 is 1.23 bits per heavy atom. The summed E-state index contributed by atoms with van der Waals surface area (Å²) in [5.74, 6) is -0.273. The topological polar surface area (TPSA) is 82.3 Å². The van der Waals surface area contributed by atoms with Crippen molar-refractivity contribution in [1.29, 1.82) is 0 Å². The summed E-state index contributed by atoms with van der Waals surface area (Å²) in [6.45, 7) is 0.434. The molecule has 0 aromatic heterocycles. The number of likely N-dealkylation sites (N-methyl/N-ethyl adjacent to an activating group) is 2. The van der Waals surface area contributed by atoms with Gasteiger partial charge < -0.3 is 4.74 Å². The summed E-state index contributed by atoms with van der Waals surface area (Å²) in [6, 6.07) is 8.53. The molecule has 26 heavy (non-hydrogen) atoms. The zero-order chi connectivity index (χ0) is 18.8. The highest BCUT2D eigenvalue weighted by Gasteiger charge is 2.53. The van der Waals surface area contributed by atoms with Crippen molar-refractivity contribution in [2.24, 2.45) is 4.99 Å². The smallest absolute Gasteiger partial charge is 0.358 e. The van der Waals surface area contributed by atoms with E-state index in [0.717, 1.165) is 10.5 Å². The van der Waals surface area contributed by atoms with Gasteiger partial charge in [-0.15, -0.1) is 0 Å². The van der Waals surface area contributed by atoms with Gasteiger partial charge in [0.15, 0.2) is 0 Å². The summed E-state index contributed by atoms with van der Waals surface area (Å²) in [6.07, 6.45) is 0. The van der Waals surface area contributed by atoms with Gasteiger partial charge >= 0.3 is 17.2 Å². The number of fused-ring (bicyclic) bond motifs is 1. The number of carbonyl (C=O) groups excluding carboxylic acids is 3. The number of carbonyl (C=O) groups is 3. The Kier molecular flexibility index (Phi) is 5.08. The Labute approximate surface area is 155 Å². The number of amidine groups is 2. The van der Waals surface area contributed by atoms with Crippen LogP contribution in [0.15, 0.2) is 35.3 Å². The highest BCUT2D eigenvalue weighted by Crippen LogP contribution is 2.24. The van der Waals surface area contributed by atoms with E-state index in [-0.39, 0.29) is 17.6 Å². The van der Waals surface area contributed by atoms with Crippen LogP contribution in [0.5, 0.6) is 0 Å². The molecule has 2 aliphatic heterocycles. The number of rotatable bonds is 4. The molecule has 8 nitrogen and oxygen atoms in total. The fourth-order valence-corrected chi connectivity index (χ4v) is 3.67. The number of nitrogens with zero attached hydrogens (tertiary/aromatic N) is 4. The van der Waals surface area contributed by atoms with E-state index < -0.39 is 12.1 Å². The molecule has 1 saturated heterocycles. The van der Waals surface area contributed by atoms with Crippen molar-refractivity contribution in [2.75, 3.05) is 27.0 Å². The molecule has 0 aliphatic carbocycles. The number of hydrogen-bond acceptors (Lipinski definition) is 6. The van der Waals surface area contributed by atoms with E-state index in [9.17, 15) is 14.4 Å². The molecule has 1 fully saturated rings. The highest BCUT2D eigenvalue weighted by atomic mass is 32.2. The molecular formula is C17H19N4O4S+. The van der Waals surface area contributed by atoms with Gasteiger partial charge in [-0.2, -0.15) is 0 Å². The summed E-state index contributed by atoms with van der Waals surface area (Å²) < 4.78 is 6.50. The molecule has 0 spiro atoms. The molecule has 1 atom stereocenters. The number of hydrogen-bond donors (Lipinski definition) is 0. The number of benzene rings is 1. The van der Waals surface area contributed by atoms with Crippen LogP contribution < -0.4 is 0 Å². The molecule has 0 N–H and O–H groups in total. The van der Waals surface area contributed by atoms with Crippen LogP contribution in [0.1, 0.15) is 5.56 Å². The molecule has 136 valence electrons. The lowest BCUT2D eigenvalue weighted by Crippen LogP contribution is -2.61. The summed E-state index contributed by atoms with van der Waals surface area (Å²) in [4.78, 5) is 43.4. The van der Waals surface area contributed by atoms with Crippen LogP contribution in [0.25, 0.3) is 0 Å². The minimum absolute atomic E-state index is 0.0717. The van der Waals surface area contributed by atoms with Gasteiger partial charge in [0, 0.05) is 14.1 Å². The van der Waals surface area contributed by atoms with E-state index in [1.54, 1.807) is 7.05 Å². The lowest BCUT2D eigenvalue weighted by molar-refractivity contribution is -0.548. The largest absolute Gasteiger partial charge is 0.468 e. The van der Waals surface area contributed by atoms with Gasteiger partial charge in [0.05, 0.1) is 7.11 Å². The average molecular weight is 375 g/mol. The van der Waals surface area contributed by atoms with E-state index in [2.05, 4.69) is 9.73 Å². The lowest BCUT2D eigenvalue weighted by Gasteiger charge is -2.30. The first-order valence-electron chi connectivity index (χ1n) is 7.95. The van der Waals surface area contributed by atoms with Crippen molar-refractivity contribution >= 4 is 40.7 Å². The molecule has 3 amide bonds. The zero-order valence-electron chi connectivity index (χ0n) is 14.7. The second kappa shape index (κ2) is 7.28. The van der Waals surface area contributed by atoms with Crippen LogP contribution in [0.3, 0.4) is 0 Å². The van der Waals surface area contributed by atoms with Gasteiger partial charge in [-0.05, 0) is 22.3 Å².